The normalized spacial score (nSPS) is 13.1. The van der Waals surface area contributed by atoms with Gasteiger partial charge in [-0.2, -0.15) is 0 Å². The molecule has 0 amide bonds. The highest BCUT2D eigenvalue weighted by Crippen LogP contribution is 2.62. The van der Waals surface area contributed by atoms with Crippen LogP contribution in [0.5, 0.6) is 0 Å². The largest absolute Gasteiger partial charge is 0.455 e. The fraction of sp³-hybridized carbons (Fsp3) is 0.0169. The Morgan fingerprint density at radius 2 is 0.905 bits per heavy atom. The van der Waals surface area contributed by atoms with Crippen LogP contribution in [-0.2, 0) is 5.41 Å². The Labute approximate surface area is 369 Å². The fourth-order valence-corrected chi connectivity index (χ4v) is 11.3. The minimum absolute atomic E-state index is 0.432. The number of nitrogens with zero attached hydrogens (tertiary/aromatic N) is 2. The van der Waals surface area contributed by atoms with E-state index in [-0.39, 0.29) is 0 Å². The number of aromatic nitrogens is 2. The Hall–Kier alpha value is -7.79. The van der Waals surface area contributed by atoms with Gasteiger partial charge in [-0.05, 0) is 86.5 Å². The van der Waals surface area contributed by atoms with Crippen LogP contribution in [0.15, 0.2) is 233 Å². The van der Waals surface area contributed by atoms with Crippen molar-refractivity contribution in [3.8, 4) is 67.3 Å². The number of rotatable bonds is 5. The van der Waals surface area contributed by atoms with E-state index >= 15 is 0 Å². The maximum Gasteiger partial charge on any atom is 0.160 e. The molecule has 0 radical (unpaired) electrons. The second-order valence-corrected chi connectivity index (χ2v) is 17.5. The van der Waals surface area contributed by atoms with Gasteiger partial charge in [0.15, 0.2) is 5.82 Å². The molecule has 0 bridgehead atoms. The predicted octanol–water partition coefficient (Wildman–Crippen LogP) is 15.5. The van der Waals surface area contributed by atoms with Crippen LogP contribution in [0, 0.1) is 0 Å². The van der Waals surface area contributed by atoms with E-state index in [1.807, 2.05) is 42.1 Å². The molecule has 2 aliphatic rings. The highest BCUT2D eigenvalue weighted by atomic mass is 32.2. The molecule has 1 aliphatic heterocycles. The first-order chi connectivity index (χ1) is 31.2. The molecule has 2 aromatic heterocycles. The van der Waals surface area contributed by atoms with Gasteiger partial charge in [-0.25, -0.2) is 9.97 Å². The smallest absolute Gasteiger partial charge is 0.160 e. The molecular formula is C59H36N2OS. The molecule has 13 rings (SSSR count). The summed E-state index contributed by atoms with van der Waals surface area (Å²) in [5.74, 6) is 0.689. The molecule has 63 heavy (non-hydrogen) atoms. The summed E-state index contributed by atoms with van der Waals surface area (Å²) in [6.45, 7) is 0. The van der Waals surface area contributed by atoms with Crippen LogP contribution in [0.3, 0.4) is 0 Å². The number of furan rings is 1. The van der Waals surface area contributed by atoms with Crippen LogP contribution in [0.4, 0.5) is 0 Å². The second kappa shape index (κ2) is 14.1. The minimum atomic E-state index is -0.432. The summed E-state index contributed by atoms with van der Waals surface area (Å²) >= 11 is 1.87. The lowest BCUT2D eigenvalue weighted by molar-refractivity contribution is 0.670. The van der Waals surface area contributed by atoms with Gasteiger partial charge in [0.1, 0.15) is 11.2 Å². The lowest BCUT2D eigenvalue weighted by Crippen LogP contribution is -2.32. The molecule has 3 heterocycles. The highest BCUT2D eigenvalue weighted by molar-refractivity contribution is 7.99. The maximum absolute atomic E-state index is 6.40. The van der Waals surface area contributed by atoms with Gasteiger partial charge in [-0.1, -0.05) is 194 Å². The summed E-state index contributed by atoms with van der Waals surface area (Å²) < 4.78 is 6.40. The first-order valence-electron chi connectivity index (χ1n) is 21.4. The quantitative estimate of drug-likeness (QED) is 0.173. The van der Waals surface area contributed by atoms with Crippen LogP contribution < -0.4 is 0 Å². The van der Waals surface area contributed by atoms with E-state index in [0.29, 0.717) is 5.82 Å². The SMILES string of the molecule is c1ccc(-c2nc(-c3ccc(-c4cccc5c4oc4ccccc45)cc3)cc(-c3cccc(-c4ccc5c(c4)C4(c6ccccc6S5)c5ccccc5-c5ccccc54)c3)n2)cc1. The Morgan fingerprint density at radius 1 is 0.349 bits per heavy atom. The number of para-hydroxylation sites is 2. The van der Waals surface area contributed by atoms with E-state index < -0.39 is 5.41 Å². The third-order valence-electron chi connectivity index (χ3n) is 13.0. The monoisotopic (exact) mass is 820 g/mol. The van der Waals surface area contributed by atoms with Gasteiger partial charge in [0.25, 0.3) is 0 Å². The molecule has 0 fully saturated rings. The average molecular weight is 821 g/mol. The molecule has 4 heteroatoms. The van der Waals surface area contributed by atoms with Gasteiger partial charge < -0.3 is 4.42 Å². The lowest BCUT2D eigenvalue weighted by Gasteiger charge is -2.40. The molecule has 0 saturated heterocycles. The van der Waals surface area contributed by atoms with Gasteiger partial charge in [-0.3, -0.25) is 0 Å². The zero-order chi connectivity index (χ0) is 41.5. The van der Waals surface area contributed by atoms with Crippen molar-refractivity contribution in [3.63, 3.8) is 0 Å². The number of fused-ring (bicyclic) bond motifs is 12. The second-order valence-electron chi connectivity index (χ2n) is 16.4. The third-order valence-corrected chi connectivity index (χ3v) is 14.1. The van der Waals surface area contributed by atoms with Gasteiger partial charge in [-0.15, -0.1) is 0 Å². The van der Waals surface area contributed by atoms with E-state index in [1.165, 1.54) is 48.7 Å². The van der Waals surface area contributed by atoms with Crippen molar-refractivity contribution in [1.82, 2.24) is 9.97 Å². The summed E-state index contributed by atoms with van der Waals surface area (Å²) in [6, 6.07) is 78.5. The molecule has 11 aromatic rings. The van der Waals surface area contributed by atoms with Crippen molar-refractivity contribution in [3.05, 3.63) is 241 Å². The molecule has 1 aliphatic carbocycles. The van der Waals surface area contributed by atoms with E-state index in [2.05, 4.69) is 188 Å². The van der Waals surface area contributed by atoms with Crippen molar-refractivity contribution in [2.45, 2.75) is 15.2 Å². The molecule has 0 atom stereocenters. The van der Waals surface area contributed by atoms with Crippen molar-refractivity contribution >= 4 is 33.7 Å². The van der Waals surface area contributed by atoms with Gasteiger partial charge in [0.2, 0.25) is 0 Å². The van der Waals surface area contributed by atoms with E-state index in [0.717, 1.165) is 66.7 Å². The first kappa shape index (κ1) is 35.9. The summed E-state index contributed by atoms with van der Waals surface area (Å²) in [4.78, 5) is 13.0. The van der Waals surface area contributed by atoms with Gasteiger partial charge in [0, 0.05) is 42.8 Å². The summed E-state index contributed by atoms with van der Waals surface area (Å²) in [5.41, 5.74) is 18.5. The number of hydrogen-bond donors (Lipinski definition) is 0. The zero-order valence-corrected chi connectivity index (χ0v) is 34.8. The average Bonchev–Trinajstić information content (AvgIpc) is 3.88. The maximum atomic E-state index is 6.40. The van der Waals surface area contributed by atoms with Crippen LogP contribution in [0.25, 0.3) is 89.2 Å². The van der Waals surface area contributed by atoms with Crippen molar-refractivity contribution in [2.24, 2.45) is 0 Å². The Morgan fingerprint density at radius 3 is 1.71 bits per heavy atom. The van der Waals surface area contributed by atoms with Crippen molar-refractivity contribution in [2.75, 3.05) is 0 Å². The first-order valence-corrected chi connectivity index (χ1v) is 22.2. The Balaban J connectivity index is 0.925. The Kier molecular flexibility index (Phi) is 8.06. The topological polar surface area (TPSA) is 38.9 Å². The molecule has 0 unspecified atom stereocenters. The fourth-order valence-electron chi connectivity index (χ4n) is 10.1. The standard InChI is InChI=1S/C59H36N2OS/c1-2-14-39(15-3-1)58-60-52(38-30-28-37(29-31-38)43-21-13-22-47-46-20-6-10-26-54(46)62-57(43)47)36-53(61-58)42-17-12-16-40(34-42)41-32-33-56-51(35-41)59(50-25-9-11-27-55(50)63-56)48-23-7-4-18-44(48)45-19-5-8-24-49(45)59/h1-36H. The number of hydrogen-bond acceptors (Lipinski definition) is 4. The summed E-state index contributed by atoms with van der Waals surface area (Å²) in [7, 11) is 0. The number of benzene rings is 9. The van der Waals surface area contributed by atoms with Crippen LogP contribution in [0.1, 0.15) is 22.3 Å². The van der Waals surface area contributed by atoms with Crippen molar-refractivity contribution in [1.29, 1.82) is 0 Å². The van der Waals surface area contributed by atoms with Gasteiger partial charge in [0.05, 0.1) is 16.8 Å². The molecule has 9 aromatic carbocycles. The lowest BCUT2D eigenvalue weighted by atomic mass is 9.67. The molecule has 294 valence electrons. The molecule has 0 N–H and O–H groups in total. The Bertz CT molecular complexity index is 3560. The highest BCUT2D eigenvalue weighted by Gasteiger charge is 2.50. The van der Waals surface area contributed by atoms with Crippen LogP contribution >= 0.6 is 11.8 Å². The van der Waals surface area contributed by atoms with Crippen molar-refractivity contribution < 1.29 is 4.42 Å². The summed E-state index contributed by atoms with van der Waals surface area (Å²) in [5, 5.41) is 2.25. The summed E-state index contributed by atoms with van der Waals surface area (Å²) in [6.07, 6.45) is 0. The van der Waals surface area contributed by atoms with E-state index in [4.69, 9.17) is 14.4 Å². The van der Waals surface area contributed by atoms with Crippen LogP contribution in [-0.4, -0.2) is 9.97 Å². The zero-order valence-electron chi connectivity index (χ0n) is 34.0. The van der Waals surface area contributed by atoms with Gasteiger partial charge >= 0.3 is 0 Å². The minimum Gasteiger partial charge on any atom is -0.455 e. The predicted molar refractivity (Wildman–Crippen MR) is 258 cm³/mol. The van der Waals surface area contributed by atoms with Crippen LogP contribution in [0.2, 0.25) is 0 Å². The molecular weight excluding hydrogens is 785 g/mol. The van der Waals surface area contributed by atoms with E-state index in [9.17, 15) is 0 Å². The molecule has 3 nitrogen and oxygen atoms in total. The van der Waals surface area contributed by atoms with E-state index in [1.54, 1.807) is 0 Å². The molecule has 0 saturated carbocycles. The third kappa shape index (κ3) is 5.55. The molecule has 1 spiro atoms.